The third-order valence-corrected chi connectivity index (χ3v) is 4.25. The van der Waals surface area contributed by atoms with Crippen LogP contribution in [-0.4, -0.2) is 55.2 Å². The Morgan fingerprint density at radius 2 is 2.03 bits per heavy atom. The number of H-pyrrole nitrogens is 1. The molecule has 0 bridgehead atoms. The highest BCUT2D eigenvalue weighted by Gasteiger charge is 2.24. The van der Waals surface area contributed by atoms with Crippen LogP contribution in [0.4, 0.5) is 0 Å². The molecule has 3 N–H and O–H groups in total. The standard InChI is InChI=1S/C21H16N8O4/c1-3-10-32-21-17(33-15-7-5-4-6-14(15)31-2)16(18(22)30)24-19(25-21)12-8-9-23-13(11-12)20-26-28-29-27-20/h1,4-9,11H,10H2,2H3,(H2,22,30)(H,26,27,28,29). The summed E-state index contributed by atoms with van der Waals surface area (Å²) < 4.78 is 16.8. The number of aromatic nitrogens is 7. The molecule has 4 aromatic rings. The maximum absolute atomic E-state index is 12.3. The second-order valence-corrected chi connectivity index (χ2v) is 6.32. The van der Waals surface area contributed by atoms with Gasteiger partial charge in [-0.05, 0) is 34.7 Å². The fraction of sp³-hybridized carbons (Fsp3) is 0.0952. The van der Waals surface area contributed by atoms with Crippen LogP contribution >= 0.6 is 0 Å². The van der Waals surface area contributed by atoms with Crippen molar-refractivity contribution >= 4 is 5.91 Å². The van der Waals surface area contributed by atoms with E-state index in [0.29, 0.717) is 28.6 Å². The van der Waals surface area contributed by atoms with Crippen LogP contribution in [0.2, 0.25) is 0 Å². The lowest BCUT2D eigenvalue weighted by atomic mass is 10.2. The third-order valence-electron chi connectivity index (χ3n) is 4.25. The van der Waals surface area contributed by atoms with E-state index in [1.165, 1.54) is 13.3 Å². The Balaban J connectivity index is 1.84. The number of rotatable bonds is 8. The lowest BCUT2D eigenvalue weighted by molar-refractivity contribution is 0.0992. The number of primary amides is 1. The van der Waals surface area contributed by atoms with Crippen LogP contribution in [-0.2, 0) is 0 Å². The minimum absolute atomic E-state index is 0.0719. The fourth-order valence-corrected chi connectivity index (χ4v) is 2.81. The van der Waals surface area contributed by atoms with E-state index in [-0.39, 0.29) is 29.8 Å². The number of terminal acetylenes is 1. The van der Waals surface area contributed by atoms with Crippen LogP contribution in [0.3, 0.4) is 0 Å². The number of benzene rings is 1. The van der Waals surface area contributed by atoms with Crippen LogP contribution in [0.1, 0.15) is 10.5 Å². The number of ether oxygens (including phenoxy) is 3. The second-order valence-electron chi connectivity index (χ2n) is 6.32. The van der Waals surface area contributed by atoms with Gasteiger partial charge < -0.3 is 19.9 Å². The first-order chi connectivity index (χ1) is 16.1. The van der Waals surface area contributed by atoms with Crippen molar-refractivity contribution in [3.05, 3.63) is 48.3 Å². The van der Waals surface area contributed by atoms with Gasteiger partial charge in [-0.2, -0.15) is 4.98 Å². The van der Waals surface area contributed by atoms with Gasteiger partial charge >= 0.3 is 0 Å². The molecule has 0 aliphatic rings. The molecule has 0 saturated carbocycles. The van der Waals surface area contributed by atoms with Gasteiger partial charge in [-0.15, -0.1) is 11.5 Å². The average molecular weight is 444 g/mol. The zero-order valence-corrected chi connectivity index (χ0v) is 17.2. The van der Waals surface area contributed by atoms with E-state index in [0.717, 1.165) is 0 Å². The Bertz CT molecular complexity index is 1330. The van der Waals surface area contributed by atoms with Crippen molar-refractivity contribution in [3.8, 4) is 58.4 Å². The molecule has 1 amide bonds. The van der Waals surface area contributed by atoms with Crippen molar-refractivity contribution in [2.24, 2.45) is 5.73 Å². The van der Waals surface area contributed by atoms with Gasteiger partial charge in [0.05, 0.1) is 7.11 Å². The highest BCUT2D eigenvalue weighted by atomic mass is 16.5. The second kappa shape index (κ2) is 9.40. The summed E-state index contributed by atoms with van der Waals surface area (Å²) in [5.74, 6) is 2.50. The van der Waals surface area contributed by atoms with Crippen molar-refractivity contribution in [1.29, 1.82) is 0 Å². The van der Waals surface area contributed by atoms with Gasteiger partial charge in [0.1, 0.15) is 5.69 Å². The molecule has 164 valence electrons. The lowest BCUT2D eigenvalue weighted by Crippen LogP contribution is -2.17. The SMILES string of the molecule is C#CCOc1nc(-c2ccnc(-c3nnn[nH]3)c2)nc(C(N)=O)c1Oc1ccccc1OC. The average Bonchev–Trinajstić information content (AvgIpc) is 3.38. The molecule has 1 aromatic carbocycles. The zero-order chi connectivity index (χ0) is 23.2. The number of amides is 1. The van der Waals surface area contributed by atoms with Gasteiger partial charge in [0.15, 0.2) is 35.4 Å². The van der Waals surface area contributed by atoms with E-state index < -0.39 is 5.91 Å². The summed E-state index contributed by atoms with van der Waals surface area (Å²) in [6.45, 7) is -0.137. The van der Waals surface area contributed by atoms with Crippen molar-refractivity contribution in [1.82, 2.24) is 35.6 Å². The number of nitrogens with two attached hydrogens (primary N) is 1. The van der Waals surface area contributed by atoms with E-state index in [9.17, 15) is 4.79 Å². The summed E-state index contributed by atoms with van der Waals surface area (Å²) >= 11 is 0. The summed E-state index contributed by atoms with van der Waals surface area (Å²) in [7, 11) is 1.48. The van der Waals surface area contributed by atoms with E-state index in [1.807, 2.05) is 0 Å². The number of nitrogens with one attached hydrogen (secondary N) is 1. The number of hydrogen-bond donors (Lipinski definition) is 2. The lowest BCUT2D eigenvalue weighted by Gasteiger charge is -2.16. The molecule has 0 saturated heterocycles. The Morgan fingerprint density at radius 1 is 1.21 bits per heavy atom. The quantitative estimate of drug-likeness (QED) is 0.382. The summed E-state index contributed by atoms with van der Waals surface area (Å²) in [5.41, 5.74) is 6.33. The molecule has 0 unspecified atom stereocenters. The molecule has 4 rings (SSSR count). The van der Waals surface area contributed by atoms with Gasteiger partial charge in [-0.1, -0.05) is 18.1 Å². The molecule has 12 nitrogen and oxygen atoms in total. The van der Waals surface area contributed by atoms with Gasteiger partial charge in [0.25, 0.3) is 11.8 Å². The molecule has 0 aliphatic carbocycles. The van der Waals surface area contributed by atoms with Crippen molar-refractivity contribution < 1.29 is 19.0 Å². The smallest absolute Gasteiger partial charge is 0.271 e. The number of para-hydroxylation sites is 2. The molecular formula is C21H16N8O4. The molecule has 0 atom stereocenters. The van der Waals surface area contributed by atoms with E-state index in [4.69, 9.17) is 26.4 Å². The van der Waals surface area contributed by atoms with Crippen molar-refractivity contribution in [2.45, 2.75) is 0 Å². The van der Waals surface area contributed by atoms with Crippen molar-refractivity contribution in [2.75, 3.05) is 13.7 Å². The summed E-state index contributed by atoms with van der Waals surface area (Å²) in [5, 5.41) is 13.5. The number of tetrazole rings is 1. The number of pyridine rings is 1. The van der Waals surface area contributed by atoms with Gasteiger partial charge in [-0.3, -0.25) is 9.78 Å². The third kappa shape index (κ3) is 4.52. The number of carbonyl (C=O) groups excluding carboxylic acids is 1. The molecule has 33 heavy (non-hydrogen) atoms. The minimum atomic E-state index is -0.859. The maximum Gasteiger partial charge on any atom is 0.271 e. The predicted octanol–water partition coefficient (Wildman–Crippen LogP) is 1.63. The molecule has 0 fully saturated rings. The molecule has 0 aliphatic heterocycles. The number of carbonyl (C=O) groups is 1. The number of hydrogen-bond acceptors (Lipinski definition) is 10. The fourth-order valence-electron chi connectivity index (χ4n) is 2.81. The zero-order valence-electron chi connectivity index (χ0n) is 17.2. The van der Waals surface area contributed by atoms with Crippen LogP contribution in [0.5, 0.6) is 23.1 Å². The molecule has 3 heterocycles. The highest BCUT2D eigenvalue weighted by molar-refractivity contribution is 5.95. The molecular weight excluding hydrogens is 428 g/mol. The Kier molecular flexibility index (Phi) is 6.03. The largest absolute Gasteiger partial charge is 0.493 e. The van der Waals surface area contributed by atoms with Crippen LogP contribution < -0.4 is 19.9 Å². The first-order valence-corrected chi connectivity index (χ1v) is 9.40. The normalized spacial score (nSPS) is 10.3. The Hall–Kier alpha value is -5.05. The maximum atomic E-state index is 12.3. The topological polar surface area (TPSA) is 164 Å². The van der Waals surface area contributed by atoms with Crippen LogP contribution in [0.25, 0.3) is 22.9 Å². The molecule has 3 aromatic heterocycles. The van der Waals surface area contributed by atoms with E-state index >= 15 is 0 Å². The Labute approximate surface area is 187 Å². The molecule has 0 radical (unpaired) electrons. The van der Waals surface area contributed by atoms with Crippen LogP contribution in [0.15, 0.2) is 42.6 Å². The Morgan fingerprint density at radius 3 is 2.73 bits per heavy atom. The molecule has 12 heteroatoms. The number of methoxy groups -OCH3 is 1. The van der Waals surface area contributed by atoms with Gasteiger partial charge in [-0.25, -0.2) is 10.1 Å². The summed E-state index contributed by atoms with van der Waals surface area (Å²) in [4.78, 5) is 25.2. The predicted molar refractivity (Wildman–Crippen MR) is 114 cm³/mol. The van der Waals surface area contributed by atoms with Gasteiger partial charge in [0.2, 0.25) is 5.75 Å². The van der Waals surface area contributed by atoms with Crippen LogP contribution in [0, 0.1) is 12.3 Å². The first kappa shape index (κ1) is 21.2. The minimum Gasteiger partial charge on any atom is -0.493 e. The van der Waals surface area contributed by atoms with Gasteiger partial charge in [0, 0.05) is 11.8 Å². The van der Waals surface area contributed by atoms with E-state index in [2.05, 4.69) is 41.5 Å². The summed E-state index contributed by atoms with van der Waals surface area (Å²) in [6, 6.07) is 10.1. The van der Waals surface area contributed by atoms with Crippen molar-refractivity contribution in [3.63, 3.8) is 0 Å². The number of nitrogens with zero attached hydrogens (tertiary/aromatic N) is 6. The monoisotopic (exact) mass is 444 g/mol. The first-order valence-electron chi connectivity index (χ1n) is 9.40. The molecule has 0 spiro atoms. The number of aromatic amines is 1. The summed E-state index contributed by atoms with van der Waals surface area (Å²) in [6.07, 6.45) is 6.86. The highest BCUT2D eigenvalue weighted by Crippen LogP contribution is 2.38. The van der Waals surface area contributed by atoms with E-state index in [1.54, 1.807) is 36.4 Å².